The van der Waals surface area contributed by atoms with Crippen molar-refractivity contribution < 1.29 is 23.7 Å². The molecule has 31 heavy (non-hydrogen) atoms. The second-order valence-electron chi connectivity index (χ2n) is 6.63. The van der Waals surface area contributed by atoms with Crippen molar-refractivity contribution in [3.05, 3.63) is 68.0 Å². The summed E-state index contributed by atoms with van der Waals surface area (Å²) in [5.41, 5.74) is -0.178. The maximum absolute atomic E-state index is 13.0. The van der Waals surface area contributed by atoms with Crippen molar-refractivity contribution in [1.29, 1.82) is 0 Å². The van der Waals surface area contributed by atoms with E-state index in [9.17, 15) is 14.4 Å². The molecule has 2 aromatic rings. The van der Waals surface area contributed by atoms with Crippen LogP contribution in [-0.2, 0) is 9.53 Å². The minimum absolute atomic E-state index is 0.0137. The van der Waals surface area contributed by atoms with E-state index in [0.29, 0.717) is 28.5 Å². The molecule has 2 heterocycles. The average Bonchev–Trinajstić information content (AvgIpc) is 2.75. The van der Waals surface area contributed by atoms with Crippen molar-refractivity contribution in [1.82, 2.24) is 9.97 Å². The van der Waals surface area contributed by atoms with Crippen LogP contribution in [0.25, 0.3) is 0 Å². The highest BCUT2D eigenvalue weighted by Gasteiger charge is 2.38. The van der Waals surface area contributed by atoms with Crippen LogP contribution in [0.1, 0.15) is 24.0 Å². The van der Waals surface area contributed by atoms with E-state index in [1.807, 2.05) is 0 Å². The molecule has 10 nitrogen and oxygen atoms in total. The molecule has 0 fully saturated rings. The molecule has 1 unspecified atom stereocenters. The van der Waals surface area contributed by atoms with Gasteiger partial charge in [-0.3, -0.25) is 14.8 Å². The Bertz CT molecular complexity index is 1180. The van der Waals surface area contributed by atoms with Crippen LogP contribution >= 0.6 is 0 Å². The van der Waals surface area contributed by atoms with Crippen molar-refractivity contribution in [3.8, 4) is 17.2 Å². The second-order valence-corrected chi connectivity index (χ2v) is 6.63. The first-order valence-electron chi connectivity index (χ1n) is 9.28. The molecular formula is C21H23N3O7. The van der Waals surface area contributed by atoms with E-state index < -0.39 is 23.1 Å². The minimum Gasteiger partial charge on any atom is -0.496 e. The minimum atomic E-state index is -0.927. The molecule has 0 spiro atoms. The number of hydrogen-bond acceptors (Lipinski definition) is 8. The van der Waals surface area contributed by atoms with Crippen LogP contribution in [0.5, 0.6) is 17.2 Å². The highest BCUT2D eigenvalue weighted by Crippen LogP contribution is 2.46. The lowest BCUT2D eigenvalue weighted by Gasteiger charge is -2.30. The number of rotatable bonds is 7. The number of H-pyrrole nitrogens is 2. The normalized spacial score (nSPS) is 14.9. The zero-order valence-corrected chi connectivity index (χ0v) is 17.6. The number of carbonyl (C=O) groups is 1. The van der Waals surface area contributed by atoms with Gasteiger partial charge in [0.2, 0.25) is 0 Å². The molecule has 3 N–H and O–H groups in total. The Balaban J connectivity index is 2.35. The molecule has 0 radical (unpaired) electrons. The van der Waals surface area contributed by atoms with Gasteiger partial charge in [0.05, 0.1) is 38.4 Å². The molecule has 10 heteroatoms. The van der Waals surface area contributed by atoms with Gasteiger partial charge in [-0.2, -0.15) is 0 Å². The molecule has 1 aromatic heterocycles. The number of nitrogens with one attached hydrogen (secondary N) is 3. The Morgan fingerprint density at radius 3 is 2.32 bits per heavy atom. The van der Waals surface area contributed by atoms with Gasteiger partial charge in [-0.1, -0.05) is 12.7 Å². The van der Waals surface area contributed by atoms with E-state index in [4.69, 9.17) is 18.9 Å². The van der Waals surface area contributed by atoms with E-state index >= 15 is 0 Å². The molecule has 0 aliphatic carbocycles. The van der Waals surface area contributed by atoms with Gasteiger partial charge in [-0.15, -0.1) is 0 Å². The third kappa shape index (κ3) is 3.91. The zero-order chi connectivity index (χ0) is 22.7. The van der Waals surface area contributed by atoms with E-state index in [2.05, 4.69) is 21.9 Å². The Morgan fingerprint density at radius 2 is 1.71 bits per heavy atom. The van der Waals surface area contributed by atoms with Crippen molar-refractivity contribution in [2.45, 2.75) is 12.8 Å². The maximum Gasteiger partial charge on any atom is 0.337 e. The number of methoxy groups -OCH3 is 3. The van der Waals surface area contributed by atoms with Gasteiger partial charge >= 0.3 is 11.7 Å². The Kier molecular flexibility index (Phi) is 6.19. The molecule has 0 saturated carbocycles. The average molecular weight is 429 g/mol. The lowest BCUT2D eigenvalue weighted by Crippen LogP contribution is -2.35. The van der Waals surface area contributed by atoms with E-state index in [1.54, 1.807) is 19.1 Å². The monoisotopic (exact) mass is 429 g/mol. The molecule has 0 amide bonds. The molecule has 164 valence electrons. The standard InChI is InChI=1S/C21H23N3O7/c1-6-7-31-20(26)15-10(2)22-18-17(19(25)24-21(27)23-18)16(15)11-8-13(29-4)14(30-5)9-12(11)28-3/h6,8-9,16H,1,7H2,2-5H3,(H3,22,23,24,25,27). The smallest absolute Gasteiger partial charge is 0.337 e. The summed E-state index contributed by atoms with van der Waals surface area (Å²) in [4.78, 5) is 42.4. The zero-order valence-electron chi connectivity index (χ0n) is 17.6. The highest BCUT2D eigenvalue weighted by atomic mass is 16.5. The lowest BCUT2D eigenvalue weighted by atomic mass is 9.81. The third-order valence-electron chi connectivity index (χ3n) is 4.87. The molecule has 1 aliphatic rings. The summed E-state index contributed by atoms with van der Waals surface area (Å²) in [7, 11) is 4.40. The predicted octanol–water partition coefficient (Wildman–Crippen LogP) is 1.65. The summed E-state index contributed by atoms with van der Waals surface area (Å²) in [6.45, 7) is 5.18. The van der Waals surface area contributed by atoms with Crippen molar-refractivity contribution in [3.63, 3.8) is 0 Å². The van der Waals surface area contributed by atoms with E-state index in [-0.39, 0.29) is 23.6 Å². The summed E-state index contributed by atoms with van der Waals surface area (Å²) in [6, 6.07) is 3.22. The maximum atomic E-state index is 13.0. The van der Waals surface area contributed by atoms with Crippen molar-refractivity contribution in [2.24, 2.45) is 0 Å². The largest absolute Gasteiger partial charge is 0.496 e. The first-order valence-corrected chi connectivity index (χ1v) is 9.28. The van der Waals surface area contributed by atoms with Crippen LogP contribution in [0.15, 0.2) is 45.6 Å². The predicted molar refractivity (Wildman–Crippen MR) is 113 cm³/mol. The number of hydrogen-bond donors (Lipinski definition) is 3. The van der Waals surface area contributed by atoms with Gasteiger partial charge < -0.3 is 24.3 Å². The number of ether oxygens (including phenoxy) is 4. The van der Waals surface area contributed by atoms with Gasteiger partial charge in [-0.25, -0.2) is 9.59 Å². The Labute approximate surface area is 177 Å². The summed E-state index contributed by atoms with van der Waals surface area (Å²) in [5.74, 6) is -0.275. The van der Waals surface area contributed by atoms with Crippen LogP contribution in [0.2, 0.25) is 0 Å². The van der Waals surface area contributed by atoms with Crippen LogP contribution in [0.4, 0.5) is 5.82 Å². The Morgan fingerprint density at radius 1 is 1.06 bits per heavy atom. The van der Waals surface area contributed by atoms with Gasteiger partial charge in [-0.05, 0) is 13.0 Å². The van der Waals surface area contributed by atoms with Crippen LogP contribution in [0, 0.1) is 0 Å². The van der Waals surface area contributed by atoms with Crippen LogP contribution < -0.4 is 30.8 Å². The van der Waals surface area contributed by atoms with Crippen LogP contribution in [0.3, 0.4) is 0 Å². The number of carbonyl (C=O) groups excluding carboxylic acids is 1. The summed E-state index contributed by atoms with van der Waals surface area (Å²) in [5, 5.41) is 2.92. The number of allylic oxidation sites excluding steroid dienone is 1. The number of aromatic nitrogens is 2. The SMILES string of the molecule is C=CCOC(=O)C1=C(C)Nc2[nH]c(=O)[nH]c(=O)c2C1c1cc(OC)c(OC)cc1OC. The van der Waals surface area contributed by atoms with Crippen molar-refractivity contribution in [2.75, 3.05) is 33.3 Å². The fourth-order valence-electron chi connectivity index (χ4n) is 3.56. The molecule has 1 atom stereocenters. The van der Waals surface area contributed by atoms with Crippen LogP contribution in [-0.4, -0.2) is 43.9 Å². The second kappa shape index (κ2) is 8.82. The van der Waals surface area contributed by atoms with E-state index in [0.717, 1.165) is 0 Å². The quantitative estimate of drug-likeness (QED) is 0.447. The first-order chi connectivity index (χ1) is 14.9. The highest BCUT2D eigenvalue weighted by molar-refractivity contribution is 5.94. The summed E-state index contributed by atoms with van der Waals surface area (Å²) >= 11 is 0. The summed E-state index contributed by atoms with van der Waals surface area (Å²) in [6.07, 6.45) is 1.44. The molecule has 0 bridgehead atoms. The first kappa shape index (κ1) is 21.8. The van der Waals surface area contributed by atoms with E-state index in [1.165, 1.54) is 27.4 Å². The van der Waals surface area contributed by atoms with Crippen molar-refractivity contribution >= 4 is 11.8 Å². The lowest BCUT2D eigenvalue weighted by molar-refractivity contribution is -0.138. The molecular weight excluding hydrogens is 406 g/mol. The van der Waals surface area contributed by atoms with Gasteiger partial charge in [0, 0.05) is 17.3 Å². The molecule has 1 aromatic carbocycles. The fourth-order valence-corrected chi connectivity index (χ4v) is 3.56. The van der Waals surface area contributed by atoms with Gasteiger partial charge in [0.15, 0.2) is 11.5 Å². The number of benzene rings is 1. The molecule has 0 saturated heterocycles. The summed E-state index contributed by atoms with van der Waals surface area (Å²) < 4.78 is 21.5. The van der Waals surface area contributed by atoms with Gasteiger partial charge in [0.25, 0.3) is 5.56 Å². The molecule has 3 rings (SSSR count). The van der Waals surface area contributed by atoms with Gasteiger partial charge in [0.1, 0.15) is 18.2 Å². The topological polar surface area (TPSA) is 132 Å². The fraction of sp³-hybridized carbons (Fsp3) is 0.286. The number of anilines is 1. The number of fused-ring (bicyclic) bond motifs is 1. The number of aromatic amines is 2. The third-order valence-corrected chi connectivity index (χ3v) is 4.87. The molecule has 1 aliphatic heterocycles. The Hall–Kier alpha value is -3.95. The number of esters is 1.